The van der Waals surface area contributed by atoms with Crippen LogP contribution in [0.25, 0.3) is 0 Å². The fourth-order valence-electron chi connectivity index (χ4n) is 2.13. The first-order valence-corrected chi connectivity index (χ1v) is 3.93. The average molecular weight is 172 g/mol. The molecular formula is C8H12O4. The number of aliphatic hydroxyl groups is 3. The lowest BCUT2D eigenvalue weighted by molar-refractivity contribution is -0.177. The van der Waals surface area contributed by atoms with Crippen molar-refractivity contribution in [2.45, 2.75) is 24.4 Å². The molecule has 2 aliphatic rings. The van der Waals surface area contributed by atoms with Crippen LogP contribution in [-0.4, -0.2) is 39.9 Å². The quantitative estimate of drug-likeness (QED) is 0.444. The summed E-state index contributed by atoms with van der Waals surface area (Å²) in [6.07, 6.45) is -1.38. The first-order chi connectivity index (χ1) is 5.60. The first-order valence-electron chi connectivity index (χ1n) is 3.93. The van der Waals surface area contributed by atoms with Gasteiger partial charge in [0.2, 0.25) is 0 Å². The number of hydrogen-bond donors (Lipinski definition) is 3. The van der Waals surface area contributed by atoms with Crippen molar-refractivity contribution < 1.29 is 20.1 Å². The monoisotopic (exact) mass is 172 g/mol. The molecule has 3 N–H and O–H groups in total. The Balaban J connectivity index is 2.34. The number of ether oxygens (including phenoxy) is 1. The number of aliphatic hydroxyl groups excluding tert-OH is 3. The van der Waals surface area contributed by atoms with Gasteiger partial charge in [0.15, 0.2) is 6.29 Å². The molecule has 2 rings (SSSR count). The SMILES string of the molecule is C=C1C[C@]2(CO)O[C@@H](O)C1C2O. The van der Waals surface area contributed by atoms with Crippen LogP contribution in [0, 0.1) is 5.92 Å². The summed E-state index contributed by atoms with van der Waals surface area (Å²) in [6.45, 7) is 3.44. The molecule has 0 aromatic rings. The molecule has 12 heavy (non-hydrogen) atoms. The van der Waals surface area contributed by atoms with Gasteiger partial charge in [-0.25, -0.2) is 0 Å². The summed E-state index contributed by atoms with van der Waals surface area (Å²) in [7, 11) is 0. The van der Waals surface area contributed by atoms with E-state index >= 15 is 0 Å². The molecule has 0 aromatic carbocycles. The Morgan fingerprint density at radius 3 is 2.58 bits per heavy atom. The van der Waals surface area contributed by atoms with E-state index in [1.165, 1.54) is 0 Å². The number of rotatable bonds is 1. The van der Waals surface area contributed by atoms with E-state index < -0.39 is 23.9 Å². The van der Waals surface area contributed by atoms with Crippen molar-refractivity contribution in [2.24, 2.45) is 5.92 Å². The van der Waals surface area contributed by atoms with Crippen molar-refractivity contribution in [3.05, 3.63) is 12.2 Å². The zero-order valence-corrected chi connectivity index (χ0v) is 6.60. The van der Waals surface area contributed by atoms with E-state index in [4.69, 9.17) is 9.84 Å². The largest absolute Gasteiger partial charge is 0.393 e. The third-order valence-electron chi connectivity index (χ3n) is 2.81. The molecule has 0 spiro atoms. The van der Waals surface area contributed by atoms with Gasteiger partial charge in [-0.1, -0.05) is 12.2 Å². The van der Waals surface area contributed by atoms with Gasteiger partial charge < -0.3 is 20.1 Å². The van der Waals surface area contributed by atoms with Crippen LogP contribution in [0.1, 0.15) is 6.42 Å². The fourth-order valence-corrected chi connectivity index (χ4v) is 2.13. The molecule has 68 valence electrons. The molecule has 0 aromatic heterocycles. The zero-order valence-electron chi connectivity index (χ0n) is 6.60. The predicted molar refractivity (Wildman–Crippen MR) is 40.2 cm³/mol. The summed E-state index contributed by atoms with van der Waals surface area (Å²) in [5.41, 5.74) is -0.225. The summed E-state index contributed by atoms with van der Waals surface area (Å²) >= 11 is 0. The Bertz CT molecular complexity index is 227. The van der Waals surface area contributed by atoms with Crippen LogP contribution in [-0.2, 0) is 4.74 Å². The Kier molecular flexibility index (Phi) is 1.56. The van der Waals surface area contributed by atoms with Gasteiger partial charge in [-0.2, -0.15) is 0 Å². The van der Waals surface area contributed by atoms with Crippen LogP contribution in [0.15, 0.2) is 12.2 Å². The maximum atomic E-state index is 9.61. The lowest BCUT2D eigenvalue weighted by Gasteiger charge is -2.27. The van der Waals surface area contributed by atoms with Crippen molar-refractivity contribution in [1.29, 1.82) is 0 Å². The van der Waals surface area contributed by atoms with Crippen molar-refractivity contribution >= 4 is 0 Å². The minimum absolute atomic E-state index is 0.277. The van der Waals surface area contributed by atoms with Crippen molar-refractivity contribution in [1.82, 2.24) is 0 Å². The molecule has 1 heterocycles. The van der Waals surface area contributed by atoms with Gasteiger partial charge in [0.25, 0.3) is 0 Å². The summed E-state index contributed by atoms with van der Waals surface area (Å²) in [4.78, 5) is 0. The van der Waals surface area contributed by atoms with Crippen molar-refractivity contribution in [3.8, 4) is 0 Å². The van der Waals surface area contributed by atoms with Crippen molar-refractivity contribution in [3.63, 3.8) is 0 Å². The van der Waals surface area contributed by atoms with Gasteiger partial charge in [-0.15, -0.1) is 0 Å². The number of hydrogen-bond acceptors (Lipinski definition) is 4. The molecule has 4 nitrogen and oxygen atoms in total. The maximum Gasteiger partial charge on any atom is 0.164 e. The molecule has 2 fully saturated rings. The second kappa shape index (κ2) is 2.29. The van der Waals surface area contributed by atoms with Crippen LogP contribution in [0.2, 0.25) is 0 Å². The molecule has 2 unspecified atom stereocenters. The third kappa shape index (κ3) is 0.754. The average Bonchev–Trinajstić information content (AvgIpc) is 2.37. The lowest BCUT2D eigenvalue weighted by Crippen LogP contribution is -2.40. The maximum absolute atomic E-state index is 9.61. The lowest BCUT2D eigenvalue weighted by atomic mass is 10.0. The van der Waals surface area contributed by atoms with Gasteiger partial charge >= 0.3 is 0 Å². The van der Waals surface area contributed by atoms with Gasteiger partial charge in [0.05, 0.1) is 18.6 Å². The van der Waals surface area contributed by atoms with E-state index in [0.29, 0.717) is 6.42 Å². The topological polar surface area (TPSA) is 69.9 Å². The second-order valence-corrected chi connectivity index (χ2v) is 3.54. The normalized spacial score (nSPS) is 51.9. The molecule has 0 amide bonds. The smallest absolute Gasteiger partial charge is 0.164 e. The van der Waals surface area contributed by atoms with Gasteiger partial charge in [0, 0.05) is 6.42 Å². The first kappa shape index (κ1) is 8.19. The van der Waals surface area contributed by atoms with Crippen LogP contribution >= 0.6 is 0 Å². The summed E-state index contributed by atoms with van der Waals surface area (Å²) in [6, 6.07) is 0. The molecular weight excluding hydrogens is 160 g/mol. The number of fused-ring (bicyclic) bond motifs is 2. The van der Waals surface area contributed by atoms with Gasteiger partial charge in [-0.3, -0.25) is 0 Å². The molecule has 1 saturated heterocycles. The van der Waals surface area contributed by atoms with E-state index in [1.807, 2.05) is 0 Å². The van der Waals surface area contributed by atoms with E-state index in [2.05, 4.69) is 6.58 Å². The molecule has 1 saturated carbocycles. The Morgan fingerprint density at radius 1 is 1.58 bits per heavy atom. The minimum atomic E-state index is -1.01. The van der Waals surface area contributed by atoms with E-state index in [1.54, 1.807) is 0 Å². The highest BCUT2D eigenvalue weighted by Gasteiger charge is 2.60. The molecule has 2 bridgehead atoms. The Hall–Kier alpha value is -0.420. The Morgan fingerprint density at radius 2 is 2.25 bits per heavy atom. The van der Waals surface area contributed by atoms with Gasteiger partial charge in [-0.05, 0) is 0 Å². The fraction of sp³-hybridized carbons (Fsp3) is 0.750. The van der Waals surface area contributed by atoms with E-state index in [-0.39, 0.29) is 6.61 Å². The zero-order chi connectivity index (χ0) is 8.93. The van der Waals surface area contributed by atoms with E-state index in [0.717, 1.165) is 5.57 Å². The Labute approximate surface area is 70.1 Å². The standard InChI is InChI=1S/C8H12O4/c1-4-2-8(3-9)6(10)5(4)7(11)12-8/h5-7,9-11H,1-3H2/t5?,6?,7-,8-/m1/s1. The van der Waals surface area contributed by atoms with Crippen LogP contribution in [0.4, 0.5) is 0 Å². The molecule has 4 atom stereocenters. The highest BCUT2D eigenvalue weighted by molar-refractivity contribution is 5.24. The molecule has 1 aliphatic heterocycles. The second-order valence-electron chi connectivity index (χ2n) is 3.54. The van der Waals surface area contributed by atoms with Crippen LogP contribution in [0.3, 0.4) is 0 Å². The highest BCUT2D eigenvalue weighted by atomic mass is 16.6. The molecule has 0 radical (unpaired) electrons. The van der Waals surface area contributed by atoms with Gasteiger partial charge in [0.1, 0.15) is 5.60 Å². The summed E-state index contributed by atoms with van der Waals surface area (Å²) in [5.74, 6) is -0.419. The molecule has 4 heteroatoms. The summed E-state index contributed by atoms with van der Waals surface area (Å²) < 4.78 is 5.07. The third-order valence-corrected chi connectivity index (χ3v) is 2.81. The highest BCUT2D eigenvalue weighted by Crippen LogP contribution is 2.49. The summed E-state index contributed by atoms with van der Waals surface area (Å²) in [5, 5.41) is 27.9. The molecule has 1 aliphatic carbocycles. The predicted octanol–water partition coefficient (Wildman–Crippen LogP) is -0.997. The van der Waals surface area contributed by atoms with E-state index in [9.17, 15) is 10.2 Å². The van der Waals surface area contributed by atoms with Crippen molar-refractivity contribution in [2.75, 3.05) is 6.61 Å². The van der Waals surface area contributed by atoms with Crippen LogP contribution < -0.4 is 0 Å². The minimum Gasteiger partial charge on any atom is -0.393 e. The van der Waals surface area contributed by atoms with Crippen LogP contribution in [0.5, 0.6) is 0 Å².